The number of rotatable bonds is 22. The van der Waals surface area contributed by atoms with Gasteiger partial charge in [0.15, 0.2) is 33.3 Å². The van der Waals surface area contributed by atoms with Crippen LogP contribution in [-0.2, 0) is 29.3 Å². The summed E-state index contributed by atoms with van der Waals surface area (Å²) in [4.78, 5) is 13.6. The number of aryl methyl sites for hydroxylation is 2. The minimum absolute atomic E-state index is 1.01. The van der Waals surface area contributed by atoms with Crippen LogP contribution < -0.4 is 0 Å². The molecule has 2 heterocycles. The van der Waals surface area contributed by atoms with E-state index < -0.39 is 50.4 Å². The molecule has 72 heavy (non-hydrogen) atoms. The lowest BCUT2D eigenvalue weighted by atomic mass is 9.92. The van der Waals surface area contributed by atoms with Crippen LogP contribution in [0.25, 0.3) is 33.0 Å². The molecule has 0 saturated heterocycles. The predicted octanol–water partition coefficient (Wildman–Crippen LogP) is 18.7. The minimum atomic E-state index is -2.26. The van der Waals surface area contributed by atoms with E-state index in [1.165, 1.54) is 42.8 Å². The third-order valence-corrected chi connectivity index (χ3v) is 33.8. The van der Waals surface area contributed by atoms with Crippen molar-refractivity contribution in [3.8, 4) is 22.3 Å². The van der Waals surface area contributed by atoms with E-state index in [0.717, 1.165) is 94.3 Å². The van der Waals surface area contributed by atoms with Crippen molar-refractivity contribution in [3.63, 3.8) is 0 Å². The zero-order chi connectivity index (χ0) is 51.7. The van der Waals surface area contributed by atoms with Gasteiger partial charge in [0.2, 0.25) is 0 Å². The highest BCUT2D eigenvalue weighted by Crippen LogP contribution is 2.57. The van der Waals surface area contributed by atoms with Gasteiger partial charge in [-0.1, -0.05) is 146 Å². The first-order valence-electron chi connectivity index (χ1n) is 26.1. The molecule has 6 aromatic carbocycles. The van der Waals surface area contributed by atoms with Crippen molar-refractivity contribution in [3.05, 3.63) is 144 Å². The van der Waals surface area contributed by atoms with Gasteiger partial charge in [-0.2, -0.15) is 0 Å². The molecular weight excluding hydrogens is 1020 g/mol. The molecule has 6 aromatic rings. The minimum Gasteiger partial charge on any atom is -0.437 e. The Hall–Kier alpha value is -3.24. The topological polar surface area (TPSA) is 61.6 Å². The van der Waals surface area contributed by atoms with Crippen molar-refractivity contribution in [1.82, 2.24) is 0 Å². The van der Waals surface area contributed by atoms with E-state index in [1.807, 2.05) is 0 Å². The van der Waals surface area contributed by atoms with Crippen molar-refractivity contribution in [2.45, 2.75) is 152 Å². The van der Waals surface area contributed by atoms with Crippen LogP contribution >= 0.6 is 23.5 Å². The van der Waals surface area contributed by atoms with Gasteiger partial charge in [0.25, 0.3) is 0 Å². The van der Waals surface area contributed by atoms with Gasteiger partial charge < -0.3 is 16.5 Å². The first-order valence-corrected chi connectivity index (χ1v) is 46.4. The van der Waals surface area contributed by atoms with Gasteiger partial charge in [0.05, 0.1) is 11.4 Å². The summed E-state index contributed by atoms with van der Waals surface area (Å²) >= 11 is 3.56. The molecule has 2 aliphatic rings. The zero-order valence-corrected chi connectivity index (χ0v) is 53.2. The third kappa shape index (κ3) is 14.6. The molecule has 0 unspecified atom stereocenters. The average molecular weight is 1100 g/mol. The molecular formula is C58H78N2O4S2Si6. The maximum atomic E-state index is 6.82. The summed E-state index contributed by atoms with van der Waals surface area (Å²) < 4.78 is 27.3. The zero-order valence-electron chi connectivity index (χ0n) is 45.5. The Balaban J connectivity index is 1.12. The number of hydrogen-bond acceptors (Lipinski definition) is 8. The summed E-state index contributed by atoms with van der Waals surface area (Å²) in [5.74, 6) is 0. The molecule has 0 atom stereocenters. The van der Waals surface area contributed by atoms with Crippen LogP contribution in [0.1, 0.15) is 47.9 Å². The number of thioether (sulfide) groups is 2. The largest absolute Gasteiger partial charge is 0.437 e. The highest BCUT2D eigenvalue weighted by Gasteiger charge is 2.41. The summed E-state index contributed by atoms with van der Waals surface area (Å²) in [6.07, 6.45) is 6.49. The second-order valence-electron chi connectivity index (χ2n) is 24.0. The van der Waals surface area contributed by atoms with Crippen LogP contribution in [0.2, 0.25) is 104 Å². The van der Waals surface area contributed by atoms with Crippen LogP contribution in [-0.4, -0.2) is 60.5 Å². The van der Waals surface area contributed by atoms with E-state index in [0.29, 0.717) is 0 Å². The normalized spacial score (nSPS) is 14.4. The maximum absolute atomic E-state index is 6.82. The Labute approximate surface area is 447 Å². The summed E-state index contributed by atoms with van der Waals surface area (Å²) in [6.45, 7) is 32.1. The van der Waals surface area contributed by atoms with Gasteiger partial charge in [-0.15, -0.1) is 0 Å². The van der Waals surface area contributed by atoms with Crippen LogP contribution in [0, 0.1) is 0 Å². The highest BCUT2D eigenvalue weighted by molar-refractivity contribution is 8.15. The fraction of sp³-hybridized carbons (Fsp3) is 0.379. The summed E-state index contributed by atoms with van der Waals surface area (Å²) in [7, 11) is -11.5. The average Bonchev–Trinajstić information content (AvgIpc) is 3.29. The second-order valence-corrected chi connectivity index (χ2v) is 51.8. The van der Waals surface area contributed by atoms with Gasteiger partial charge in [-0.25, -0.2) is 9.98 Å². The van der Waals surface area contributed by atoms with Crippen molar-refractivity contribution >= 4 is 106 Å². The number of hydrogen-bond donors (Lipinski definition) is 0. The van der Waals surface area contributed by atoms with Gasteiger partial charge >= 0.3 is 17.1 Å². The quantitative estimate of drug-likeness (QED) is 0.0499. The van der Waals surface area contributed by atoms with Gasteiger partial charge in [-0.05, 0) is 164 Å². The first-order chi connectivity index (χ1) is 33.8. The molecule has 0 fully saturated rings. The highest BCUT2D eigenvalue weighted by atomic mass is 32.2. The number of benzene rings is 6. The fourth-order valence-corrected chi connectivity index (χ4v) is 37.7. The van der Waals surface area contributed by atoms with Crippen LogP contribution in [0.5, 0.6) is 0 Å². The van der Waals surface area contributed by atoms with Gasteiger partial charge in [0, 0.05) is 42.8 Å². The fourth-order valence-electron chi connectivity index (χ4n) is 10.3. The molecule has 0 aliphatic carbocycles. The summed E-state index contributed by atoms with van der Waals surface area (Å²) in [5.41, 5.74) is 11.7. The molecule has 14 heteroatoms. The Morgan fingerprint density at radius 1 is 0.375 bits per heavy atom. The van der Waals surface area contributed by atoms with Crippen LogP contribution in [0.3, 0.4) is 0 Å². The lowest BCUT2D eigenvalue weighted by Gasteiger charge is -2.38. The molecule has 0 saturated carbocycles. The second kappa shape index (κ2) is 22.2. The third-order valence-electron chi connectivity index (χ3n) is 12.5. The van der Waals surface area contributed by atoms with Gasteiger partial charge in [-0.3, -0.25) is 0 Å². The van der Waals surface area contributed by atoms with Crippen LogP contribution in [0.15, 0.2) is 141 Å². The van der Waals surface area contributed by atoms with E-state index in [4.69, 9.17) is 26.4 Å². The Bertz CT molecular complexity index is 2690. The van der Waals surface area contributed by atoms with Crippen molar-refractivity contribution in [2.24, 2.45) is 9.98 Å². The van der Waals surface area contributed by atoms with Crippen molar-refractivity contribution in [2.75, 3.05) is 0 Å². The first kappa shape index (κ1) is 55.0. The molecule has 2 aliphatic heterocycles. The number of aliphatic imine (C=N–C) groups is 2. The van der Waals surface area contributed by atoms with E-state index in [-0.39, 0.29) is 0 Å². The van der Waals surface area contributed by atoms with E-state index in [2.05, 4.69) is 213 Å². The Kier molecular flexibility index (Phi) is 16.9. The molecule has 0 N–H and O–H groups in total. The Morgan fingerprint density at radius 3 is 1.00 bits per heavy atom. The number of nitrogens with zero attached hydrogens (tertiary/aromatic N) is 2. The lowest BCUT2D eigenvalue weighted by Crippen LogP contribution is -2.52. The Morgan fingerprint density at radius 2 is 0.694 bits per heavy atom. The molecule has 0 amide bonds. The summed E-state index contributed by atoms with van der Waals surface area (Å²) in [6, 6.07) is 46.8. The predicted molar refractivity (Wildman–Crippen MR) is 328 cm³/mol. The standard InChI is InChI=1S/C58H78N2O4S2Si6/c1-67(2,3)61-71(13,62-68(4,5)6)39-23-21-25-43-31-35-45(36-32-43)49-41-51-54-53-52(66-57(59-55(49)53)47-27-17-15-18-28-47)42-50(56(54)60-58(65-51)48-29-19-16-20-30-48)46-37-33-44(34-38-46)26-22-24-40-72(14,63-69(7,8)9)64-70(10,11)12/h15-20,27-38,41-42H,21-26,39-40H2,1-14H3. The van der Waals surface area contributed by atoms with E-state index in [9.17, 15) is 0 Å². The van der Waals surface area contributed by atoms with Gasteiger partial charge in [0.1, 0.15) is 10.1 Å². The smallest absolute Gasteiger partial charge is 0.314 e. The summed E-state index contributed by atoms with van der Waals surface area (Å²) in [5, 5.41) is 4.41. The maximum Gasteiger partial charge on any atom is 0.314 e. The molecule has 0 spiro atoms. The van der Waals surface area contributed by atoms with E-state index in [1.54, 1.807) is 23.5 Å². The molecule has 8 rings (SSSR count). The SMILES string of the molecule is C[Si](C)(C)O[Si](C)(CCCCc1ccc(-c2cc3c4c(c(-c5ccc(CCCC[Si](C)(O[Si](C)(C)C)O[Si](C)(C)C)cc5)cc5c4c2N=C(c2ccccc2)S5)N=C(c2ccccc2)S3)cc1)O[Si](C)(C)C. The molecule has 0 bridgehead atoms. The lowest BCUT2D eigenvalue weighted by molar-refractivity contribution is 0.379. The van der Waals surface area contributed by atoms with E-state index >= 15 is 0 Å². The number of unbranched alkanes of at least 4 members (excludes halogenated alkanes) is 2. The monoisotopic (exact) mass is 1100 g/mol. The molecule has 380 valence electrons. The molecule has 0 aromatic heterocycles. The van der Waals surface area contributed by atoms with Crippen molar-refractivity contribution in [1.29, 1.82) is 0 Å². The molecule has 6 nitrogen and oxygen atoms in total. The van der Waals surface area contributed by atoms with Crippen molar-refractivity contribution < 1.29 is 16.5 Å². The molecule has 0 radical (unpaired) electrons. The van der Waals surface area contributed by atoms with Crippen LogP contribution in [0.4, 0.5) is 11.4 Å².